The summed E-state index contributed by atoms with van der Waals surface area (Å²) in [7, 11) is -3.16. The van der Waals surface area contributed by atoms with Crippen molar-refractivity contribution in [1.82, 2.24) is 4.98 Å². The van der Waals surface area contributed by atoms with Crippen molar-refractivity contribution in [2.75, 3.05) is 10.5 Å². The Labute approximate surface area is 78.1 Å². The molecule has 0 bridgehead atoms. The molecule has 0 saturated heterocycles. The zero-order chi connectivity index (χ0) is 9.73. The molecule has 13 heavy (non-hydrogen) atoms. The fourth-order valence-electron chi connectivity index (χ4n) is 0.919. The van der Waals surface area contributed by atoms with E-state index >= 15 is 0 Å². The Bertz CT molecular complexity index is 348. The second-order valence-electron chi connectivity index (χ2n) is 2.66. The first-order valence-corrected chi connectivity index (χ1v) is 5.70. The molecule has 0 saturated carbocycles. The maximum Gasteiger partial charge on any atom is 0.232 e. The summed E-state index contributed by atoms with van der Waals surface area (Å²) in [4.78, 5) is 3.79. The minimum atomic E-state index is -3.16. The maximum atomic E-state index is 11.3. The molecule has 0 spiro atoms. The standard InChI is InChI=1S/C8H12N2O2S/c1-2-7-13(11,12)10-8-3-5-9-6-4-8/h3-6H,2,7H2,1H3,(H,9,10). The summed E-state index contributed by atoms with van der Waals surface area (Å²) in [6.07, 6.45) is 3.70. The Hall–Kier alpha value is -1.10. The summed E-state index contributed by atoms with van der Waals surface area (Å²) in [5, 5.41) is 0. The Balaban J connectivity index is 2.70. The molecule has 0 radical (unpaired) electrons. The van der Waals surface area contributed by atoms with Crippen LogP contribution in [0.2, 0.25) is 0 Å². The molecule has 1 aromatic rings. The first-order valence-electron chi connectivity index (χ1n) is 4.04. The summed E-state index contributed by atoms with van der Waals surface area (Å²) >= 11 is 0. The van der Waals surface area contributed by atoms with Crippen LogP contribution in [0.3, 0.4) is 0 Å². The highest BCUT2D eigenvalue weighted by molar-refractivity contribution is 7.92. The third-order valence-corrected chi connectivity index (χ3v) is 2.92. The summed E-state index contributed by atoms with van der Waals surface area (Å²) < 4.78 is 25.0. The van der Waals surface area contributed by atoms with Crippen LogP contribution in [-0.4, -0.2) is 19.2 Å². The van der Waals surface area contributed by atoms with Crippen molar-refractivity contribution in [3.8, 4) is 0 Å². The number of pyridine rings is 1. The number of hydrogen-bond acceptors (Lipinski definition) is 3. The molecule has 0 amide bonds. The van der Waals surface area contributed by atoms with Crippen LogP contribution in [0.15, 0.2) is 24.5 Å². The predicted octanol–water partition coefficient (Wildman–Crippen LogP) is 1.23. The zero-order valence-electron chi connectivity index (χ0n) is 7.40. The van der Waals surface area contributed by atoms with Gasteiger partial charge in [-0.3, -0.25) is 9.71 Å². The molecule has 72 valence electrons. The molecule has 1 rings (SSSR count). The van der Waals surface area contributed by atoms with Gasteiger partial charge < -0.3 is 0 Å². The van der Waals surface area contributed by atoms with Crippen LogP contribution in [0.4, 0.5) is 5.69 Å². The molecule has 0 unspecified atom stereocenters. The third-order valence-electron chi connectivity index (χ3n) is 1.43. The van der Waals surface area contributed by atoms with Gasteiger partial charge in [-0.05, 0) is 18.6 Å². The van der Waals surface area contributed by atoms with Gasteiger partial charge in [-0.15, -0.1) is 0 Å². The topological polar surface area (TPSA) is 59.1 Å². The number of anilines is 1. The van der Waals surface area contributed by atoms with Crippen molar-refractivity contribution in [1.29, 1.82) is 0 Å². The van der Waals surface area contributed by atoms with Crippen LogP contribution >= 0.6 is 0 Å². The highest BCUT2D eigenvalue weighted by Gasteiger charge is 2.07. The van der Waals surface area contributed by atoms with E-state index in [9.17, 15) is 8.42 Å². The number of aromatic nitrogens is 1. The Morgan fingerprint density at radius 1 is 1.38 bits per heavy atom. The average molecular weight is 200 g/mol. The number of hydrogen-bond donors (Lipinski definition) is 1. The zero-order valence-corrected chi connectivity index (χ0v) is 8.21. The monoisotopic (exact) mass is 200 g/mol. The van der Waals surface area contributed by atoms with E-state index in [0.29, 0.717) is 12.1 Å². The number of nitrogens with one attached hydrogen (secondary N) is 1. The summed E-state index contributed by atoms with van der Waals surface area (Å²) in [5.41, 5.74) is 0.559. The van der Waals surface area contributed by atoms with Crippen molar-refractivity contribution in [3.05, 3.63) is 24.5 Å². The van der Waals surface area contributed by atoms with Crippen molar-refractivity contribution in [3.63, 3.8) is 0 Å². The number of sulfonamides is 1. The van der Waals surface area contributed by atoms with Crippen LogP contribution in [0, 0.1) is 0 Å². The van der Waals surface area contributed by atoms with Gasteiger partial charge >= 0.3 is 0 Å². The first kappa shape index (κ1) is 9.98. The third kappa shape index (κ3) is 3.42. The molecule has 0 aliphatic carbocycles. The molecular weight excluding hydrogens is 188 g/mol. The van der Waals surface area contributed by atoms with E-state index in [1.54, 1.807) is 24.5 Å². The molecule has 0 aromatic carbocycles. The molecule has 0 atom stereocenters. The van der Waals surface area contributed by atoms with Crippen LogP contribution in [0.1, 0.15) is 13.3 Å². The fourth-order valence-corrected chi connectivity index (χ4v) is 2.05. The van der Waals surface area contributed by atoms with Crippen molar-refractivity contribution >= 4 is 15.7 Å². The summed E-state index contributed by atoms with van der Waals surface area (Å²) in [6.45, 7) is 1.83. The molecule has 4 nitrogen and oxygen atoms in total. The lowest BCUT2D eigenvalue weighted by Gasteiger charge is -2.05. The van der Waals surface area contributed by atoms with E-state index in [0.717, 1.165) is 0 Å². The van der Waals surface area contributed by atoms with Gasteiger partial charge in [0.1, 0.15) is 0 Å². The molecular formula is C8H12N2O2S. The van der Waals surface area contributed by atoms with Gasteiger partial charge in [-0.1, -0.05) is 6.92 Å². The molecule has 0 aliphatic heterocycles. The lowest BCUT2D eigenvalue weighted by atomic mass is 10.4. The minimum Gasteiger partial charge on any atom is -0.283 e. The molecule has 5 heteroatoms. The minimum absolute atomic E-state index is 0.148. The van der Waals surface area contributed by atoms with Gasteiger partial charge in [-0.25, -0.2) is 8.42 Å². The van der Waals surface area contributed by atoms with Crippen LogP contribution in [0.25, 0.3) is 0 Å². The fraction of sp³-hybridized carbons (Fsp3) is 0.375. The quantitative estimate of drug-likeness (QED) is 0.795. The van der Waals surface area contributed by atoms with E-state index in [1.165, 1.54) is 0 Å². The molecule has 1 N–H and O–H groups in total. The van der Waals surface area contributed by atoms with Crippen molar-refractivity contribution in [2.45, 2.75) is 13.3 Å². The van der Waals surface area contributed by atoms with Crippen LogP contribution in [-0.2, 0) is 10.0 Å². The lowest BCUT2D eigenvalue weighted by molar-refractivity contribution is 0.600. The van der Waals surface area contributed by atoms with Gasteiger partial charge in [0.25, 0.3) is 0 Å². The van der Waals surface area contributed by atoms with Crippen LogP contribution < -0.4 is 4.72 Å². The molecule has 0 fully saturated rings. The number of nitrogens with zero attached hydrogens (tertiary/aromatic N) is 1. The second-order valence-corrected chi connectivity index (χ2v) is 4.50. The SMILES string of the molecule is CCCS(=O)(=O)Nc1ccncc1. The normalized spacial score (nSPS) is 11.2. The molecule has 1 heterocycles. The van der Waals surface area contributed by atoms with Gasteiger partial charge in [-0.2, -0.15) is 0 Å². The van der Waals surface area contributed by atoms with E-state index in [4.69, 9.17) is 0 Å². The van der Waals surface area contributed by atoms with Crippen molar-refractivity contribution in [2.24, 2.45) is 0 Å². The molecule has 1 aromatic heterocycles. The van der Waals surface area contributed by atoms with E-state index < -0.39 is 10.0 Å². The van der Waals surface area contributed by atoms with E-state index in [-0.39, 0.29) is 5.75 Å². The van der Waals surface area contributed by atoms with E-state index in [2.05, 4.69) is 9.71 Å². The van der Waals surface area contributed by atoms with Gasteiger partial charge in [0.15, 0.2) is 0 Å². The van der Waals surface area contributed by atoms with E-state index in [1.807, 2.05) is 6.92 Å². The largest absolute Gasteiger partial charge is 0.283 e. The Morgan fingerprint density at radius 3 is 2.54 bits per heavy atom. The summed E-state index contributed by atoms with van der Waals surface area (Å²) in [5.74, 6) is 0.148. The Kier molecular flexibility index (Phi) is 3.25. The molecule has 0 aliphatic rings. The first-order chi connectivity index (χ1) is 6.14. The highest BCUT2D eigenvalue weighted by atomic mass is 32.2. The second kappa shape index (κ2) is 4.23. The number of rotatable bonds is 4. The highest BCUT2D eigenvalue weighted by Crippen LogP contribution is 2.06. The van der Waals surface area contributed by atoms with Crippen molar-refractivity contribution < 1.29 is 8.42 Å². The Morgan fingerprint density at radius 2 is 2.00 bits per heavy atom. The predicted molar refractivity (Wildman–Crippen MR) is 51.9 cm³/mol. The van der Waals surface area contributed by atoms with Gasteiger partial charge in [0.2, 0.25) is 10.0 Å². The smallest absolute Gasteiger partial charge is 0.232 e. The lowest BCUT2D eigenvalue weighted by Crippen LogP contribution is -2.15. The van der Waals surface area contributed by atoms with Crippen LogP contribution in [0.5, 0.6) is 0 Å². The summed E-state index contributed by atoms with van der Waals surface area (Å²) in [6, 6.07) is 3.24. The van der Waals surface area contributed by atoms with Gasteiger partial charge in [0.05, 0.1) is 11.4 Å². The van der Waals surface area contributed by atoms with Gasteiger partial charge in [0, 0.05) is 12.4 Å². The maximum absolute atomic E-state index is 11.3. The average Bonchev–Trinajstić information content (AvgIpc) is 2.04.